The molecule has 0 amide bonds. The first-order valence-electron chi connectivity index (χ1n) is 5.28. The topological polar surface area (TPSA) is 85.1 Å². The fraction of sp³-hybridized carbons (Fsp3) is 0.0833. The average molecular weight is 263 g/mol. The highest BCUT2D eigenvalue weighted by atomic mass is 32.2. The number of nitrogens with one attached hydrogen (secondary N) is 1. The van der Waals surface area contributed by atoms with E-state index in [-0.39, 0.29) is 10.6 Å². The average Bonchev–Trinajstić information content (AvgIpc) is 2.32. The van der Waals surface area contributed by atoms with Gasteiger partial charge in [0.2, 0.25) is 0 Å². The van der Waals surface area contributed by atoms with Crippen molar-refractivity contribution in [3.8, 4) is 0 Å². The van der Waals surface area contributed by atoms with Gasteiger partial charge in [-0.05, 0) is 30.7 Å². The standard InChI is InChI=1S/C12H13N3O2S/c1-9-3-2-4-10(7-9)18(16,17)15-12-5-6-14-8-11(12)13/h2-8H,13H2,1H3,(H,14,15). The van der Waals surface area contributed by atoms with E-state index < -0.39 is 10.0 Å². The Labute approximate surface area is 106 Å². The van der Waals surface area contributed by atoms with Crippen LogP contribution in [-0.2, 0) is 10.0 Å². The molecule has 6 heteroatoms. The van der Waals surface area contributed by atoms with E-state index in [0.717, 1.165) is 5.56 Å². The Morgan fingerprint density at radius 2 is 2.06 bits per heavy atom. The summed E-state index contributed by atoms with van der Waals surface area (Å²) in [4.78, 5) is 4.01. The van der Waals surface area contributed by atoms with Crippen molar-refractivity contribution < 1.29 is 8.42 Å². The first kappa shape index (κ1) is 12.4. The molecule has 5 nitrogen and oxygen atoms in total. The molecule has 0 atom stereocenters. The lowest BCUT2D eigenvalue weighted by Crippen LogP contribution is -2.14. The number of aromatic nitrogens is 1. The molecule has 0 saturated heterocycles. The van der Waals surface area contributed by atoms with Gasteiger partial charge in [-0.1, -0.05) is 12.1 Å². The molecule has 0 aliphatic rings. The highest BCUT2D eigenvalue weighted by molar-refractivity contribution is 7.92. The lowest BCUT2D eigenvalue weighted by molar-refractivity contribution is 0.601. The van der Waals surface area contributed by atoms with Crippen molar-refractivity contribution in [3.63, 3.8) is 0 Å². The largest absolute Gasteiger partial charge is 0.396 e. The van der Waals surface area contributed by atoms with Crippen molar-refractivity contribution in [2.75, 3.05) is 10.5 Å². The number of nitrogen functional groups attached to an aromatic ring is 1. The summed E-state index contributed by atoms with van der Waals surface area (Å²) in [6.07, 6.45) is 2.87. The zero-order chi connectivity index (χ0) is 13.2. The predicted octanol–water partition coefficient (Wildman–Crippen LogP) is 1.77. The number of benzene rings is 1. The molecule has 1 aromatic heterocycles. The minimum atomic E-state index is -3.62. The van der Waals surface area contributed by atoms with E-state index in [1.807, 2.05) is 13.0 Å². The zero-order valence-corrected chi connectivity index (χ0v) is 10.6. The van der Waals surface area contributed by atoms with Crippen LogP contribution < -0.4 is 10.5 Å². The van der Waals surface area contributed by atoms with Gasteiger partial charge in [-0.2, -0.15) is 0 Å². The van der Waals surface area contributed by atoms with E-state index in [1.165, 1.54) is 24.5 Å². The van der Waals surface area contributed by atoms with Crippen LogP contribution in [-0.4, -0.2) is 13.4 Å². The van der Waals surface area contributed by atoms with Crippen LogP contribution in [0.1, 0.15) is 5.56 Å². The van der Waals surface area contributed by atoms with Gasteiger partial charge in [0, 0.05) is 6.20 Å². The molecule has 0 saturated carbocycles. The number of nitrogens with zero attached hydrogens (tertiary/aromatic N) is 1. The lowest BCUT2D eigenvalue weighted by atomic mass is 10.2. The van der Waals surface area contributed by atoms with E-state index >= 15 is 0 Å². The van der Waals surface area contributed by atoms with E-state index in [4.69, 9.17) is 5.73 Å². The maximum absolute atomic E-state index is 12.1. The molecule has 0 bridgehead atoms. The first-order chi connectivity index (χ1) is 8.49. The van der Waals surface area contributed by atoms with Gasteiger partial charge in [0.05, 0.1) is 22.5 Å². The van der Waals surface area contributed by atoms with E-state index in [0.29, 0.717) is 5.69 Å². The van der Waals surface area contributed by atoms with Crippen molar-refractivity contribution in [3.05, 3.63) is 48.3 Å². The molecule has 3 N–H and O–H groups in total. The quantitative estimate of drug-likeness (QED) is 0.883. The van der Waals surface area contributed by atoms with Crippen molar-refractivity contribution in [1.29, 1.82) is 0 Å². The maximum atomic E-state index is 12.1. The minimum Gasteiger partial charge on any atom is -0.396 e. The Bertz CT molecular complexity index is 669. The normalized spacial score (nSPS) is 11.2. The van der Waals surface area contributed by atoms with Gasteiger partial charge in [-0.25, -0.2) is 8.42 Å². The number of hydrogen-bond donors (Lipinski definition) is 2. The lowest BCUT2D eigenvalue weighted by Gasteiger charge is -2.10. The highest BCUT2D eigenvalue weighted by Gasteiger charge is 2.15. The number of sulfonamides is 1. The van der Waals surface area contributed by atoms with Crippen molar-refractivity contribution in [2.24, 2.45) is 0 Å². The Hall–Kier alpha value is -2.08. The smallest absolute Gasteiger partial charge is 0.261 e. The second-order valence-corrected chi connectivity index (χ2v) is 5.57. The minimum absolute atomic E-state index is 0.207. The highest BCUT2D eigenvalue weighted by Crippen LogP contribution is 2.20. The van der Waals surface area contributed by atoms with Gasteiger partial charge in [0.25, 0.3) is 10.0 Å². The molecule has 1 aromatic carbocycles. The fourth-order valence-corrected chi connectivity index (χ4v) is 2.68. The number of anilines is 2. The van der Waals surface area contributed by atoms with Crippen LogP contribution in [0.5, 0.6) is 0 Å². The van der Waals surface area contributed by atoms with Gasteiger partial charge in [-0.3, -0.25) is 9.71 Å². The summed E-state index contributed by atoms with van der Waals surface area (Å²) >= 11 is 0. The molecule has 2 aromatic rings. The van der Waals surface area contributed by atoms with Crippen LogP contribution in [0, 0.1) is 6.92 Å². The number of hydrogen-bond acceptors (Lipinski definition) is 4. The second kappa shape index (κ2) is 4.66. The SMILES string of the molecule is Cc1cccc(S(=O)(=O)Nc2ccncc2N)c1. The first-order valence-corrected chi connectivity index (χ1v) is 6.76. The van der Waals surface area contributed by atoms with Crippen molar-refractivity contribution in [2.45, 2.75) is 11.8 Å². The van der Waals surface area contributed by atoms with Crippen LogP contribution in [0.15, 0.2) is 47.6 Å². The van der Waals surface area contributed by atoms with E-state index in [9.17, 15) is 8.42 Å². The maximum Gasteiger partial charge on any atom is 0.261 e. The summed E-state index contributed by atoms with van der Waals surface area (Å²) in [5.41, 5.74) is 7.13. The fourth-order valence-electron chi connectivity index (χ4n) is 1.49. The van der Waals surface area contributed by atoms with E-state index in [1.54, 1.807) is 12.1 Å². The van der Waals surface area contributed by atoms with Gasteiger partial charge in [0.15, 0.2) is 0 Å². The van der Waals surface area contributed by atoms with E-state index in [2.05, 4.69) is 9.71 Å². The molecule has 0 unspecified atom stereocenters. The van der Waals surface area contributed by atoms with Crippen LogP contribution in [0.3, 0.4) is 0 Å². The summed E-state index contributed by atoms with van der Waals surface area (Å²) in [5.74, 6) is 0. The van der Waals surface area contributed by atoms with Crippen molar-refractivity contribution in [1.82, 2.24) is 4.98 Å². The third-order valence-electron chi connectivity index (χ3n) is 2.40. The summed E-state index contributed by atoms with van der Waals surface area (Å²) in [5, 5.41) is 0. The van der Waals surface area contributed by atoms with Crippen LogP contribution in [0.2, 0.25) is 0 Å². The second-order valence-electron chi connectivity index (χ2n) is 3.88. The Kier molecular flexibility index (Phi) is 3.20. The number of nitrogens with two attached hydrogens (primary N) is 1. The molecule has 0 spiro atoms. The van der Waals surface area contributed by atoms with Gasteiger partial charge in [-0.15, -0.1) is 0 Å². The molecule has 0 aliphatic carbocycles. The summed E-state index contributed by atoms with van der Waals surface area (Å²) < 4.78 is 26.7. The zero-order valence-electron chi connectivity index (χ0n) is 9.79. The van der Waals surface area contributed by atoms with Gasteiger partial charge in [0.1, 0.15) is 0 Å². The molecule has 0 fully saturated rings. The van der Waals surface area contributed by atoms with Gasteiger partial charge < -0.3 is 5.73 Å². The van der Waals surface area contributed by atoms with Crippen molar-refractivity contribution >= 4 is 21.4 Å². The Morgan fingerprint density at radius 3 is 2.72 bits per heavy atom. The predicted molar refractivity (Wildman–Crippen MR) is 70.6 cm³/mol. The molecule has 0 aliphatic heterocycles. The molecule has 94 valence electrons. The molecule has 2 rings (SSSR count). The molecular weight excluding hydrogens is 250 g/mol. The molecule has 0 radical (unpaired) electrons. The summed E-state index contributed by atoms with van der Waals surface area (Å²) in [6, 6.07) is 8.18. The number of rotatable bonds is 3. The third-order valence-corrected chi connectivity index (χ3v) is 3.76. The monoisotopic (exact) mass is 263 g/mol. The van der Waals surface area contributed by atoms with Crippen LogP contribution >= 0.6 is 0 Å². The van der Waals surface area contributed by atoms with Crippen LogP contribution in [0.25, 0.3) is 0 Å². The number of pyridine rings is 1. The summed E-state index contributed by atoms with van der Waals surface area (Å²) in [7, 11) is -3.62. The molecule has 1 heterocycles. The molecular formula is C12H13N3O2S. The summed E-state index contributed by atoms with van der Waals surface area (Å²) in [6.45, 7) is 1.83. The Morgan fingerprint density at radius 1 is 1.28 bits per heavy atom. The Balaban J connectivity index is 2.37. The third kappa shape index (κ3) is 2.60. The number of aryl methyl sites for hydroxylation is 1. The molecule has 18 heavy (non-hydrogen) atoms. The van der Waals surface area contributed by atoms with Gasteiger partial charge >= 0.3 is 0 Å². The van der Waals surface area contributed by atoms with Crippen LogP contribution in [0.4, 0.5) is 11.4 Å².